The van der Waals surface area contributed by atoms with E-state index in [2.05, 4.69) is 27.5 Å². The number of hydrogen-bond acceptors (Lipinski definition) is 7. The van der Waals surface area contributed by atoms with Crippen LogP contribution in [0.4, 0.5) is 13.2 Å². The quantitative estimate of drug-likeness (QED) is 0.259. The summed E-state index contributed by atoms with van der Waals surface area (Å²) in [4.78, 5) is 17.4. The lowest BCUT2D eigenvalue weighted by atomic mass is 9.90. The molecular formula is C28H27F3N4O3S. The monoisotopic (exact) mass is 556 g/mol. The van der Waals surface area contributed by atoms with Crippen molar-refractivity contribution in [3.05, 3.63) is 82.5 Å². The molecule has 1 aliphatic rings. The molecule has 3 aromatic heterocycles. The van der Waals surface area contributed by atoms with Crippen molar-refractivity contribution in [3.63, 3.8) is 0 Å². The van der Waals surface area contributed by atoms with Crippen LogP contribution in [0.5, 0.6) is 5.75 Å². The highest BCUT2D eigenvalue weighted by atomic mass is 32.1. The van der Waals surface area contributed by atoms with Crippen LogP contribution < -0.4 is 10.1 Å². The van der Waals surface area contributed by atoms with Crippen molar-refractivity contribution in [3.8, 4) is 22.1 Å². The van der Waals surface area contributed by atoms with Gasteiger partial charge in [0, 0.05) is 5.56 Å². The molecule has 1 aliphatic heterocycles. The van der Waals surface area contributed by atoms with Crippen LogP contribution in [0, 0.1) is 0 Å². The summed E-state index contributed by atoms with van der Waals surface area (Å²) in [6.07, 6.45) is -1.74. The summed E-state index contributed by atoms with van der Waals surface area (Å²) in [5.41, 5.74) is 0.754. The molecule has 0 radical (unpaired) electrons. The lowest BCUT2D eigenvalue weighted by molar-refractivity contribution is -0.143. The van der Waals surface area contributed by atoms with Gasteiger partial charge >= 0.3 is 12.1 Å². The van der Waals surface area contributed by atoms with Gasteiger partial charge in [-0.2, -0.15) is 18.3 Å². The minimum atomic E-state index is -4.85. The Labute approximate surface area is 227 Å². The molecule has 0 spiro atoms. The SMILES string of the molecule is CCOC(=O)c1cnn(-c2cccc(-c3sccc3COc3ccc(C4CCNCC4)cc3)n2)c1C(F)(F)F. The summed E-state index contributed by atoms with van der Waals surface area (Å²) < 4.78 is 53.3. The van der Waals surface area contributed by atoms with Crippen LogP contribution >= 0.6 is 11.3 Å². The third-order valence-electron chi connectivity index (χ3n) is 6.55. The highest BCUT2D eigenvalue weighted by molar-refractivity contribution is 7.13. The number of nitrogens with zero attached hydrogens (tertiary/aromatic N) is 3. The predicted molar refractivity (Wildman–Crippen MR) is 141 cm³/mol. The van der Waals surface area contributed by atoms with Gasteiger partial charge in [-0.3, -0.25) is 0 Å². The van der Waals surface area contributed by atoms with Crippen molar-refractivity contribution in [2.24, 2.45) is 0 Å². The van der Waals surface area contributed by atoms with Crippen molar-refractivity contribution in [1.29, 1.82) is 0 Å². The van der Waals surface area contributed by atoms with Crippen molar-refractivity contribution in [1.82, 2.24) is 20.1 Å². The highest BCUT2D eigenvalue weighted by Gasteiger charge is 2.41. The maximum atomic E-state index is 13.9. The Morgan fingerprint density at radius 1 is 1.13 bits per heavy atom. The molecule has 0 aliphatic carbocycles. The number of aromatic nitrogens is 3. The standard InChI is InChI=1S/C28H27F3N4O3S/c1-2-37-27(36)22-16-33-35(26(22)28(29,30)31)24-5-3-4-23(34-24)25-20(12-15-39-25)17-38-21-8-6-18(7-9-21)19-10-13-32-14-11-19/h3-9,12,15-16,19,32H,2,10-11,13-14,17H2,1H3. The highest BCUT2D eigenvalue weighted by Crippen LogP contribution is 2.35. The Bertz CT molecular complexity index is 1430. The Morgan fingerprint density at radius 2 is 1.90 bits per heavy atom. The summed E-state index contributed by atoms with van der Waals surface area (Å²) in [7, 11) is 0. The van der Waals surface area contributed by atoms with Crippen LogP contribution in [0.15, 0.2) is 60.1 Å². The molecule has 0 amide bonds. The van der Waals surface area contributed by atoms with E-state index in [-0.39, 0.29) is 19.0 Å². The number of alkyl halides is 3. The van der Waals surface area contributed by atoms with Gasteiger partial charge in [0.25, 0.3) is 0 Å². The summed E-state index contributed by atoms with van der Waals surface area (Å²) in [6, 6.07) is 14.8. The molecule has 1 N–H and O–H groups in total. The first kappa shape index (κ1) is 26.9. The molecule has 0 bridgehead atoms. The molecule has 204 valence electrons. The number of pyridine rings is 1. The van der Waals surface area contributed by atoms with E-state index < -0.39 is 23.4 Å². The second-order valence-corrected chi connectivity index (χ2v) is 9.99. The maximum Gasteiger partial charge on any atom is 0.434 e. The number of benzene rings is 1. The molecule has 4 heterocycles. The number of hydrogen-bond donors (Lipinski definition) is 1. The van der Waals surface area contributed by atoms with E-state index in [0.29, 0.717) is 16.3 Å². The van der Waals surface area contributed by atoms with Crippen LogP contribution in [0.3, 0.4) is 0 Å². The van der Waals surface area contributed by atoms with Crippen LogP contribution in [0.2, 0.25) is 0 Å². The Morgan fingerprint density at radius 3 is 2.62 bits per heavy atom. The van der Waals surface area contributed by atoms with Crippen LogP contribution in [-0.4, -0.2) is 40.4 Å². The number of nitrogens with one attached hydrogen (secondary N) is 1. The molecule has 0 saturated carbocycles. The molecule has 4 aromatic rings. The molecule has 5 rings (SSSR count). The third kappa shape index (κ3) is 5.99. The molecule has 0 unspecified atom stereocenters. The largest absolute Gasteiger partial charge is 0.489 e. The Balaban J connectivity index is 1.36. The van der Waals surface area contributed by atoms with Gasteiger partial charge in [0.15, 0.2) is 11.5 Å². The zero-order chi connectivity index (χ0) is 27.4. The maximum absolute atomic E-state index is 13.9. The van der Waals surface area contributed by atoms with E-state index in [0.717, 1.165) is 48.3 Å². The summed E-state index contributed by atoms with van der Waals surface area (Å²) >= 11 is 1.41. The number of halogens is 3. The third-order valence-corrected chi connectivity index (χ3v) is 7.53. The van der Waals surface area contributed by atoms with Gasteiger partial charge in [-0.15, -0.1) is 11.3 Å². The van der Waals surface area contributed by atoms with Crippen molar-refractivity contribution in [2.45, 2.75) is 38.5 Å². The topological polar surface area (TPSA) is 78.3 Å². The van der Waals surface area contributed by atoms with Gasteiger partial charge in [-0.1, -0.05) is 18.2 Å². The van der Waals surface area contributed by atoms with Gasteiger partial charge in [-0.25, -0.2) is 14.5 Å². The van der Waals surface area contributed by atoms with E-state index >= 15 is 0 Å². The molecule has 0 atom stereocenters. The van der Waals surface area contributed by atoms with Crippen molar-refractivity contribution in [2.75, 3.05) is 19.7 Å². The van der Waals surface area contributed by atoms with E-state index in [4.69, 9.17) is 9.47 Å². The number of piperidine rings is 1. The number of carbonyl (C=O) groups is 1. The average Bonchev–Trinajstić information content (AvgIpc) is 3.61. The summed E-state index contributed by atoms with van der Waals surface area (Å²) in [5.74, 6) is 0.144. The summed E-state index contributed by atoms with van der Waals surface area (Å²) in [5, 5.41) is 9.09. The number of thiophene rings is 1. The number of esters is 1. The fourth-order valence-electron chi connectivity index (χ4n) is 4.65. The fraction of sp³-hybridized carbons (Fsp3) is 0.321. The normalized spacial score (nSPS) is 14.4. The molecule has 39 heavy (non-hydrogen) atoms. The van der Waals surface area contributed by atoms with Crippen molar-refractivity contribution >= 4 is 17.3 Å². The molecular weight excluding hydrogens is 529 g/mol. The van der Waals surface area contributed by atoms with Crippen LogP contribution in [0.25, 0.3) is 16.4 Å². The van der Waals surface area contributed by atoms with Crippen LogP contribution in [-0.2, 0) is 17.5 Å². The molecule has 1 aromatic carbocycles. The molecule has 7 nitrogen and oxygen atoms in total. The van der Waals surface area contributed by atoms with Crippen molar-refractivity contribution < 1.29 is 27.4 Å². The van der Waals surface area contributed by atoms with E-state index in [9.17, 15) is 18.0 Å². The van der Waals surface area contributed by atoms with E-state index in [1.165, 1.54) is 29.9 Å². The first-order valence-corrected chi connectivity index (χ1v) is 13.5. The minimum absolute atomic E-state index is 0.0549. The first-order valence-electron chi connectivity index (χ1n) is 12.6. The summed E-state index contributed by atoms with van der Waals surface area (Å²) in [6.45, 7) is 3.81. The second kappa shape index (κ2) is 11.6. The van der Waals surface area contributed by atoms with E-state index in [1.54, 1.807) is 12.1 Å². The van der Waals surface area contributed by atoms with Gasteiger partial charge in [0.1, 0.15) is 17.9 Å². The number of carbonyl (C=O) groups excluding carboxylic acids is 1. The zero-order valence-electron chi connectivity index (χ0n) is 21.2. The molecule has 1 fully saturated rings. The Kier molecular flexibility index (Phi) is 7.99. The fourth-order valence-corrected chi connectivity index (χ4v) is 5.53. The van der Waals surface area contributed by atoms with Gasteiger partial charge < -0.3 is 14.8 Å². The lowest BCUT2D eigenvalue weighted by Gasteiger charge is -2.23. The minimum Gasteiger partial charge on any atom is -0.489 e. The second-order valence-electron chi connectivity index (χ2n) is 9.07. The first-order chi connectivity index (χ1) is 18.8. The van der Waals surface area contributed by atoms with Gasteiger partial charge in [0.2, 0.25) is 0 Å². The molecule has 1 saturated heterocycles. The molecule has 11 heteroatoms. The zero-order valence-corrected chi connectivity index (χ0v) is 22.0. The number of rotatable bonds is 8. The van der Waals surface area contributed by atoms with Gasteiger partial charge in [-0.05, 0) is 80.0 Å². The van der Waals surface area contributed by atoms with Gasteiger partial charge in [0.05, 0.1) is 23.4 Å². The predicted octanol–water partition coefficient (Wildman–Crippen LogP) is 6.24. The Hall–Kier alpha value is -3.70. The lowest BCUT2D eigenvalue weighted by Crippen LogP contribution is -2.26. The average molecular weight is 557 g/mol. The van der Waals surface area contributed by atoms with Crippen LogP contribution in [0.1, 0.15) is 52.9 Å². The van der Waals surface area contributed by atoms with E-state index in [1.807, 2.05) is 23.6 Å². The number of ether oxygens (including phenoxy) is 2. The smallest absolute Gasteiger partial charge is 0.434 e.